The van der Waals surface area contributed by atoms with E-state index in [0.717, 1.165) is 43.5 Å². The molecule has 262 valence electrons. The Hall–Kier alpha value is -3.56. The van der Waals surface area contributed by atoms with E-state index in [-0.39, 0.29) is 32.4 Å². The van der Waals surface area contributed by atoms with Crippen LogP contribution in [0.25, 0.3) is 10.6 Å². The Labute approximate surface area is 287 Å². The molecule has 2 aliphatic rings. The quantitative estimate of drug-likeness (QED) is 0.182. The molecule has 4 aromatic rings. The maximum Gasteiger partial charge on any atom is 0.433 e. The molecule has 2 aromatic heterocycles. The van der Waals surface area contributed by atoms with E-state index in [1.807, 2.05) is 25.1 Å². The fourth-order valence-corrected chi connectivity index (χ4v) is 9.38. The van der Waals surface area contributed by atoms with Gasteiger partial charge in [0.15, 0.2) is 5.78 Å². The van der Waals surface area contributed by atoms with Crippen molar-refractivity contribution in [1.29, 1.82) is 0 Å². The molecule has 49 heavy (non-hydrogen) atoms. The summed E-state index contributed by atoms with van der Waals surface area (Å²) in [4.78, 5) is 16.6. The Morgan fingerprint density at radius 2 is 1.88 bits per heavy atom. The Bertz CT molecular complexity index is 1940. The molecule has 4 heterocycles. The number of alkyl halides is 3. The zero-order valence-electron chi connectivity index (χ0n) is 27.6. The van der Waals surface area contributed by atoms with Crippen molar-refractivity contribution in [2.75, 3.05) is 13.1 Å². The molecule has 0 radical (unpaired) electrons. The zero-order valence-corrected chi connectivity index (χ0v) is 29.2. The maximum atomic E-state index is 14.0. The number of aryl methyl sites for hydroxylation is 1. The lowest BCUT2D eigenvalue weighted by molar-refractivity contribution is -0.143. The van der Waals surface area contributed by atoms with E-state index in [1.165, 1.54) is 24.7 Å². The minimum Gasteiger partial charge on any atom is -0.485 e. The number of carbonyl (C=O) groups excluding carboxylic acids is 1. The largest absolute Gasteiger partial charge is 0.485 e. The summed E-state index contributed by atoms with van der Waals surface area (Å²) in [6.07, 6.45) is -4.43. The van der Waals surface area contributed by atoms with E-state index in [0.29, 0.717) is 28.0 Å². The van der Waals surface area contributed by atoms with E-state index < -0.39 is 39.6 Å². The number of hydrogen-bond acceptors (Lipinski definition) is 8. The first kappa shape index (κ1) is 35.3. The molecule has 9 nitrogen and oxygen atoms in total. The second-order valence-electron chi connectivity index (χ2n) is 13.3. The number of ether oxygens (including phenoxy) is 1. The highest BCUT2D eigenvalue weighted by Gasteiger charge is 2.45. The van der Waals surface area contributed by atoms with Crippen molar-refractivity contribution in [3.05, 3.63) is 89.1 Å². The van der Waals surface area contributed by atoms with Crippen LogP contribution in [0.15, 0.2) is 70.9 Å². The number of carbonyl (C=O) groups is 1. The number of aliphatic hydroxyl groups excluding tert-OH is 1. The second kappa shape index (κ2) is 13.3. The number of sulfonamides is 1. The molecule has 0 spiro atoms. The molecule has 2 unspecified atom stereocenters. The number of ketones is 1. The average molecular weight is 717 g/mol. The van der Waals surface area contributed by atoms with Gasteiger partial charge in [0.1, 0.15) is 33.1 Å². The van der Waals surface area contributed by atoms with Crippen molar-refractivity contribution < 1.29 is 36.2 Å². The van der Waals surface area contributed by atoms with Crippen LogP contribution in [-0.2, 0) is 29.8 Å². The standard InChI is InChI=1S/C35H39F3N4O5S2/c1-5-24(23-15-16-42(20-23)19-21-9-7-6-8-10-21)32(43)22-11-12-27-25(17-22)31(33(44)34(2,3)47-27)40-49(45,46)30-14-13-28(48-30)26-18-29(35(36,37)38)41(4)39-26/h6-14,17-18,23-24,31,33,40,44H,5,15-16,19-20H2,1-4H3/t23?,24?,31-,33+/m1/s1. The summed E-state index contributed by atoms with van der Waals surface area (Å²) in [6.45, 7) is 7.77. The summed E-state index contributed by atoms with van der Waals surface area (Å²) in [5.41, 5.74) is -0.218. The number of benzene rings is 2. The van der Waals surface area contributed by atoms with E-state index in [4.69, 9.17) is 4.74 Å². The first-order valence-electron chi connectivity index (χ1n) is 16.1. The summed E-state index contributed by atoms with van der Waals surface area (Å²) in [5.74, 6) is 0.206. The molecular formula is C35H39F3N4O5S2. The highest BCUT2D eigenvalue weighted by molar-refractivity contribution is 7.91. The third kappa shape index (κ3) is 7.20. The number of thiophene rings is 1. The van der Waals surface area contributed by atoms with Gasteiger partial charge in [0.2, 0.25) is 0 Å². The number of aliphatic hydroxyl groups is 1. The van der Waals surface area contributed by atoms with Gasteiger partial charge in [-0.3, -0.25) is 14.4 Å². The first-order chi connectivity index (χ1) is 23.1. The summed E-state index contributed by atoms with van der Waals surface area (Å²) >= 11 is 0.761. The van der Waals surface area contributed by atoms with E-state index >= 15 is 0 Å². The van der Waals surface area contributed by atoms with Gasteiger partial charge in [0.05, 0.1) is 10.9 Å². The number of nitrogens with one attached hydrogen (secondary N) is 1. The van der Waals surface area contributed by atoms with Gasteiger partial charge in [0, 0.05) is 37.2 Å². The van der Waals surface area contributed by atoms with Gasteiger partial charge < -0.3 is 9.84 Å². The van der Waals surface area contributed by atoms with Crippen molar-refractivity contribution in [2.24, 2.45) is 18.9 Å². The Kier molecular flexibility index (Phi) is 9.57. The van der Waals surface area contributed by atoms with Crippen molar-refractivity contribution >= 4 is 27.1 Å². The van der Waals surface area contributed by atoms with Gasteiger partial charge >= 0.3 is 6.18 Å². The molecule has 0 amide bonds. The lowest BCUT2D eigenvalue weighted by Gasteiger charge is -2.42. The molecule has 14 heteroatoms. The third-order valence-electron chi connectivity index (χ3n) is 9.48. The first-order valence-corrected chi connectivity index (χ1v) is 18.4. The number of nitrogens with zero attached hydrogens (tertiary/aromatic N) is 3. The summed E-state index contributed by atoms with van der Waals surface area (Å²) in [5, 5.41) is 15.3. The Balaban J connectivity index is 1.24. The molecule has 2 aliphatic heterocycles. The van der Waals surface area contributed by atoms with Crippen LogP contribution in [0.1, 0.15) is 66.8 Å². The maximum absolute atomic E-state index is 14.0. The van der Waals surface area contributed by atoms with Crippen LogP contribution in [0.2, 0.25) is 0 Å². The molecular weight excluding hydrogens is 678 g/mol. The topological polar surface area (TPSA) is 114 Å². The predicted molar refractivity (Wildman–Crippen MR) is 180 cm³/mol. The minimum atomic E-state index is -4.62. The lowest BCUT2D eigenvalue weighted by atomic mass is 9.81. The molecule has 1 fully saturated rings. The van der Waals surface area contributed by atoms with Crippen LogP contribution < -0.4 is 9.46 Å². The number of hydrogen-bond donors (Lipinski definition) is 2. The van der Waals surface area contributed by atoms with Gasteiger partial charge in [-0.2, -0.15) is 18.3 Å². The highest BCUT2D eigenvalue weighted by atomic mass is 32.2. The fraction of sp³-hybridized carbons (Fsp3) is 0.429. The van der Waals surface area contributed by atoms with Crippen LogP contribution >= 0.6 is 11.3 Å². The Morgan fingerprint density at radius 3 is 2.55 bits per heavy atom. The number of halogens is 3. The van der Waals surface area contributed by atoms with Crippen LogP contribution in [0.3, 0.4) is 0 Å². The molecule has 0 saturated carbocycles. The van der Waals surface area contributed by atoms with Crippen LogP contribution in [0, 0.1) is 11.8 Å². The third-order valence-corrected chi connectivity index (χ3v) is 12.5. The van der Waals surface area contributed by atoms with Crippen molar-refractivity contribution in [3.8, 4) is 16.3 Å². The summed E-state index contributed by atoms with van der Waals surface area (Å²) in [7, 11) is -3.13. The lowest BCUT2D eigenvalue weighted by Crippen LogP contribution is -2.53. The smallest absolute Gasteiger partial charge is 0.433 e. The van der Waals surface area contributed by atoms with Crippen molar-refractivity contribution in [3.63, 3.8) is 0 Å². The van der Waals surface area contributed by atoms with Gasteiger partial charge in [-0.05, 0) is 81.1 Å². The zero-order chi connectivity index (χ0) is 35.3. The number of rotatable bonds is 10. The molecule has 4 atom stereocenters. The average Bonchev–Trinajstić information content (AvgIpc) is 3.80. The second-order valence-corrected chi connectivity index (χ2v) is 16.3. The molecule has 2 aromatic carbocycles. The molecule has 0 aliphatic carbocycles. The summed E-state index contributed by atoms with van der Waals surface area (Å²) in [6, 6.07) is 17.5. The number of Topliss-reactive ketones (excluding diaryl/α,β-unsaturated/α-hetero) is 1. The predicted octanol–water partition coefficient (Wildman–Crippen LogP) is 6.45. The van der Waals surface area contributed by atoms with E-state index in [2.05, 4.69) is 26.9 Å². The van der Waals surface area contributed by atoms with Crippen LogP contribution in [-0.4, -0.2) is 58.8 Å². The molecule has 2 N–H and O–H groups in total. The SMILES string of the molecule is CCC(C(=O)c1ccc2c(c1)[C@@H](NS(=O)(=O)c1ccc(-c3cc(C(F)(F)F)n(C)n3)s1)[C@H](O)C(C)(C)O2)C1CCN(Cc2ccccc2)C1. The van der Waals surface area contributed by atoms with E-state index in [1.54, 1.807) is 32.0 Å². The van der Waals surface area contributed by atoms with Gasteiger partial charge in [0.25, 0.3) is 10.0 Å². The molecule has 6 rings (SSSR count). The van der Waals surface area contributed by atoms with Gasteiger partial charge in [-0.25, -0.2) is 13.1 Å². The summed E-state index contributed by atoms with van der Waals surface area (Å²) < 4.78 is 76.7. The monoisotopic (exact) mass is 716 g/mol. The van der Waals surface area contributed by atoms with Crippen molar-refractivity contribution in [2.45, 2.75) is 68.3 Å². The molecule has 0 bridgehead atoms. The number of aromatic nitrogens is 2. The highest BCUT2D eigenvalue weighted by Crippen LogP contribution is 2.43. The fourth-order valence-electron chi connectivity index (χ4n) is 6.88. The van der Waals surface area contributed by atoms with E-state index in [9.17, 15) is 31.5 Å². The molecule has 1 saturated heterocycles. The van der Waals surface area contributed by atoms with Gasteiger partial charge in [-0.1, -0.05) is 37.3 Å². The Morgan fingerprint density at radius 1 is 1.14 bits per heavy atom. The van der Waals surface area contributed by atoms with Crippen molar-refractivity contribution in [1.82, 2.24) is 19.4 Å². The van der Waals surface area contributed by atoms with Crippen LogP contribution in [0.5, 0.6) is 5.75 Å². The number of fused-ring (bicyclic) bond motifs is 1. The number of likely N-dealkylation sites (tertiary alicyclic amines) is 1. The normalized spacial score (nSPS) is 21.7. The van der Waals surface area contributed by atoms with Gasteiger partial charge in [-0.15, -0.1) is 11.3 Å². The minimum absolute atomic E-state index is 0.0158. The van der Waals surface area contributed by atoms with Crippen LogP contribution in [0.4, 0.5) is 13.2 Å².